The highest BCUT2D eigenvalue weighted by atomic mass is 16.4. The molecule has 0 aromatic heterocycles. The number of hydrogen-bond donors (Lipinski definition) is 2. The minimum absolute atomic E-state index is 0.153. The lowest BCUT2D eigenvalue weighted by Crippen LogP contribution is -2.43. The largest absolute Gasteiger partial charge is 0.480 e. The number of carboxylic acids is 1. The molecule has 15 heavy (non-hydrogen) atoms. The average molecular weight is 213 g/mol. The zero-order chi connectivity index (χ0) is 11.5. The van der Waals surface area contributed by atoms with Gasteiger partial charge in [0.25, 0.3) is 0 Å². The van der Waals surface area contributed by atoms with E-state index >= 15 is 0 Å². The first-order valence-electron chi connectivity index (χ1n) is 5.97. The predicted molar refractivity (Wildman–Crippen MR) is 60.8 cm³/mol. The van der Waals surface area contributed by atoms with Crippen molar-refractivity contribution in [2.24, 2.45) is 11.3 Å². The van der Waals surface area contributed by atoms with Crippen LogP contribution in [0.25, 0.3) is 0 Å². The third kappa shape index (κ3) is 3.49. The van der Waals surface area contributed by atoms with Crippen molar-refractivity contribution in [3.63, 3.8) is 0 Å². The molecule has 0 bridgehead atoms. The van der Waals surface area contributed by atoms with E-state index < -0.39 is 5.97 Å². The van der Waals surface area contributed by atoms with Crippen LogP contribution >= 0.6 is 0 Å². The summed E-state index contributed by atoms with van der Waals surface area (Å²) in [5.74, 6) is -0.572. The van der Waals surface area contributed by atoms with Crippen LogP contribution in [0.4, 0.5) is 0 Å². The van der Waals surface area contributed by atoms with Gasteiger partial charge in [-0.05, 0) is 30.6 Å². The van der Waals surface area contributed by atoms with E-state index in [2.05, 4.69) is 12.2 Å². The highest BCUT2D eigenvalue weighted by Gasteiger charge is 2.41. The minimum atomic E-state index is -0.725. The minimum Gasteiger partial charge on any atom is -0.480 e. The maximum Gasteiger partial charge on any atom is 0.320 e. The maximum atomic E-state index is 11.0. The predicted octanol–water partition coefficient (Wildman–Crippen LogP) is 2.27. The molecular weight excluding hydrogens is 190 g/mol. The monoisotopic (exact) mass is 213 g/mol. The fraction of sp³-hybridized carbons (Fsp3) is 0.917. The third-order valence-corrected chi connectivity index (χ3v) is 3.37. The molecule has 0 aromatic rings. The van der Waals surface area contributed by atoms with Gasteiger partial charge in [0.15, 0.2) is 0 Å². The lowest BCUT2D eigenvalue weighted by atomic mass is 9.98. The van der Waals surface area contributed by atoms with Crippen molar-refractivity contribution in [1.29, 1.82) is 0 Å². The van der Waals surface area contributed by atoms with Gasteiger partial charge in [0, 0.05) is 6.54 Å². The van der Waals surface area contributed by atoms with E-state index in [1.807, 2.05) is 13.8 Å². The van der Waals surface area contributed by atoms with Crippen LogP contribution in [0, 0.1) is 11.3 Å². The zero-order valence-corrected chi connectivity index (χ0v) is 10.0. The quantitative estimate of drug-likeness (QED) is 0.682. The van der Waals surface area contributed by atoms with Crippen LogP contribution in [0.1, 0.15) is 46.5 Å². The number of carbonyl (C=O) groups is 1. The Morgan fingerprint density at radius 2 is 2.07 bits per heavy atom. The van der Waals surface area contributed by atoms with Gasteiger partial charge < -0.3 is 10.4 Å². The molecule has 0 amide bonds. The van der Waals surface area contributed by atoms with Crippen molar-refractivity contribution in [2.75, 3.05) is 6.54 Å². The molecule has 1 atom stereocenters. The fourth-order valence-electron chi connectivity index (χ4n) is 2.16. The summed E-state index contributed by atoms with van der Waals surface area (Å²) in [6, 6.07) is -0.390. The lowest BCUT2D eigenvalue weighted by Gasteiger charge is -2.22. The molecule has 3 nitrogen and oxygen atoms in total. The molecule has 88 valence electrons. The normalized spacial score (nSPS) is 20.3. The summed E-state index contributed by atoms with van der Waals surface area (Å²) >= 11 is 0. The summed E-state index contributed by atoms with van der Waals surface area (Å²) in [4.78, 5) is 11.0. The summed E-state index contributed by atoms with van der Waals surface area (Å²) in [5.41, 5.74) is 0.428. The van der Waals surface area contributed by atoms with Crippen LogP contribution in [-0.2, 0) is 4.79 Å². The van der Waals surface area contributed by atoms with E-state index in [4.69, 9.17) is 5.11 Å². The van der Waals surface area contributed by atoms with E-state index in [0.717, 1.165) is 6.54 Å². The molecule has 0 aliphatic heterocycles. The number of nitrogens with one attached hydrogen (secondary N) is 1. The Kier molecular flexibility index (Phi) is 4.14. The SMILES string of the molecule is CCCC1(CNC(C(=O)O)C(C)C)CC1. The molecule has 0 heterocycles. The van der Waals surface area contributed by atoms with Gasteiger partial charge in [0.05, 0.1) is 0 Å². The summed E-state index contributed by atoms with van der Waals surface area (Å²) in [6.07, 6.45) is 4.95. The maximum absolute atomic E-state index is 11.0. The van der Waals surface area contributed by atoms with E-state index in [1.165, 1.54) is 25.7 Å². The molecule has 2 N–H and O–H groups in total. The summed E-state index contributed by atoms with van der Waals surface area (Å²) in [6.45, 7) is 6.96. The van der Waals surface area contributed by atoms with Gasteiger partial charge in [-0.3, -0.25) is 4.79 Å². The Labute approximate surface area is 92.3 Å². The molecule has 1 saturated carbocycles. The lowest BCUT2D eigenvalue weighted by molar-refractivity contribution is -0.140. The highest BCUT2D eigenvalue weighted by Crippen LogP contribution is 2.49. The Bertz CT molecular complexity index is 222. The molecule has 0 radical (unpaired) electrons. The van der Waals surface area contributed by atoms with Gasteiger partial charge in [-0.1, -0.05) is 27.2 Å². The molecule has 1 aliphatic rings. The van der Waals surface area contributed by atoms with Crippen LogP contribution in [0.5, 0.6) is 0 Å². The molecule has 0 spiro atoms. The smallest absolute Gasteiger partial charge is 0.320 e. The van der Waals surface area contributed by atoms with Crippen molar-refractivity contribution in [2.45, 2.75) is 52.5 Å². The van der Waals surface area contributed by atoms with Gasteiger partial charge in [-0.15, -0.1) is 0 Å². The molecule has 1 fully saturated rings. The Morgan fingerprint density at radius 3 is 2.40 bits per heavy atom. The second-order valence-corrected chi connectivity index (χ2v) is 5.19. The first-order chi connectivity index (χ1) is 7.01. The third-order valence-electron chi connectivity index (χ3n) is 3.37. The Balaban J connectivity index is 2.37. The first kappa shape index (κ1) is 12.5. The number of aliphatic carboxylic acids is 1. The van der Waals surface area contributed by atoms with Gasteiger partial charge in [0.1, 0.15) is 6.04 Å². The van der Waals surface area contributed by atoms with Crippen molar-refractivity contribution < 1.29 is 9.90 Å². The Morgan fingerprint density at radius 1 is 1.47 bits per heavy atom. The van der Waals surface area contributed by atoms with Gasteiger partial charge in [0.2, 0.25) is 0 Å². The van der Waals surface area contributed by atoms with E-state index in [0.29, 0.717) is 5.41 Å². The second kappa shape index (κ2) is 4.97. The molecular formula is C12H23NO2. The van der Waals surface area contributed by atoms with Crippen molar-refractivity contribution >= 4 is 5.97 Å². The second-order valence-electron chi connectivity index (χ2n) is 5.19. The standard InChI is InChI=1S/C12H23NO2/c1-4-5-12(6-7-12)8-13-10(9(2)3)11(14)15/h9-10,13H,4-8H2,1-3H3,(H,14,15). The van der Waals surface area contributed by atoms with Crippen LogP contribution in [-0.4, -0.2) is 23.7 Å². The summed E-state index contributed by atoms with van der Waals surface area (Å²) in [7, 11) is 0. The van der Waals surface area contributed by atoms with Gasteiger partial charge in [-0.25, -0.2) is 0 Å². The molecule has 1 unspecified atom stereocenters. The molecule has 0 aromatic carbocycles. The van der Waals surface area contributed by atoms with Crippen LogP contribution in [0.3, 0.4) is 0 Å². The van der Waals surface area contributed by atoms with Crippen LogP contribution in [0.2, 0.25) is 0 Å². The van der Waals surface area contributed by atoms with Crippen LogP contribution in [0.15, 0.2) is 0 Å². The number of hydrogen-bond acceptors (Lipinski definition) is 2. The molecule has 3 heteroatoms. The van der Waals surface area contributed by atoms with Crippen molar-refractivity contribution in [3.05, 3.63) is 0 Å². The number of carboxylic acid groups (broad SMARTS) is 1. The van der Waals surface area contributed by atoms with Gasteiger partial charge in [-0.2, -0.15) is 0 Å². The van der Waals surface area contributed by atoms with Gasteiger partial charge >= 0.3 is 5.97 Å². The average Bonchev–Trinajstić information content (AvgIpc) is 2.85. The van der Waals surface area contributed by atoms with E-state index in [1.54, 1.807) is 0 Å². The fourth-order valence-corrected chi connectivity index (χ4v) is 2.16. The summed E-state index contributed by atoms with van der Waals surface area (Å²) in [5, 5.41) is 12.2. The van der Waals surface area contributed by atoms with Crippen molar-refractivity contribution in [1.82, 2.24) is 5.32 Å². The topological polar surface area (TPSA) is 49.3 Å². The van der Waals surface area contributed by atoms with Crippen molar-refractivity contribution in [3.8, 4) is 0 Å². The zero-order valence-electron chi connectivity index (χ0n) is 10.0. The highest BCUT2D eigenvalue weighted by molar-refractivity contribution is 5.73. The van der Waals surface area contributed by atoms with Crippen LogP contribution < -0.4 is 5.32 Å². The first-order valence-corrected chi connectivity index (χ1v) is 5.97. The summed E-state index contributed by atoms with van der Waals surface area (Å²) < 4.78 is 0. The number of rotatable bonds is 7. The molecule has 0 saturated heterocycles. The Hall–Kier alpha value is -0.570. The molecule has 1 aliphatic carbocycles. The van der Waals surface area contributed by atoms with E-state index in [-0.39, 0.29) is 12.0 Å². The molecule has 1 rings (SSSR count). The van der Waals surface area contributed by atoms with E-state index in [9.17, 15) is 4.79 Å².